The van der Waals surface area contributed by atoms with E-state index in [-0.39, 0.29) is 24.0 Å². The van der Waals surface area contributed by atoms with Crippen LogP contribution in [0.3, 0.4) is 0 Å². The van der Waals surface area contributed by atoms with Crippen LogP contribution in [0, 0.1) is 17.8 Å². The van der Waals surface area contributed by atoms with Gasteiger partial charge in [-0.2, -0.15) is 0 Å². The predicted molar refractivity (Wildman–Crippen MR) is 62.9 cm³/mol. The van der Waals surface area contributed by atoms with Crippen molar-refractivity contribution in [2.24, 2.45) is 17.8 Å². The third-order valence-electron chi connectivity index (χ3n) is 4.55. The van der Waals surface area contributed by atoms with Crippen molar-refractivity contribution in [1.82, 2.24) is 5.32 Å². The van der Waals surface area contributed by atoms with Crippen molar-refractivity contribution in [3.05, 3.63) is 0 Å². The van der Waals surface area contributed by atoms with Crippen molar-refractivity contribution in [3.8, 4) is 0 Å². The number of nitrogens with one attached hydrogen (secondary N) is 1. The summed E-state index contributed by atoms with van der Waals surface area (Å²) in [6.45, 7) is 0.659. The molecular formula is C13H19NO4. The van der Waals surface area contributed by atoms with Crippen LogP contribution < -0.4 is 5.32 Å². The molecule has 0 spiro atoms. The average Bonchev–Trinajstić information content (AvgIpc) is 3.08. The number of amides is 1. The number of aliphatic carboxylic acids is 1. The standard InChI is InChI=1S/C13H19NO4/c15-12(11-3-1-2-4-18-11)14-10-6-9(13(16)17)7-5-8(7)10/h7-11H,1-6H2,(H,14,15)(H,16,17)/t7-,8+,9-,10+,11?/m1/s1. The van der Waals surface area contributed by atoms with Gasteiger partial charge in [0.15, 0.2) is 0 Å². The first-order valence-corrected chi connectivity index (χ1v) is 6.81. The summed E-state index contributed by atoms with van der Waals surface area (Å²) in [5.74, 6) is -0.337. The van der Waals surface area contributed by atoms with Gasteiger partial charge in [-0.25, -0.2) is 0 Å². The van der Waals surface area contributed by atoms with Gasteiger partial charge in [-0.1, -0.05) is 0 Å². The lowest BCUT2D eigenvalue weighted by atomic mass is 10.0. The number of carboxylic acid groups (broad SMARTS) is 1. The predicted octanol–water partition coefficient (Wildman–Crippen LogP) is 0.781. The van der Waals surface area contributed by atoms with E-state index in [1.165, 1.54) is 0 Å². The Morgan fingerprint density at radius 2 is 2.00 bits per heavy atom. The molecule has 3 aliphatic rings. The molecule has 1 saturated heterocycles. The molecule has 5 heteroatoms. The van der Waals surface area contributed by atoms with E-state index in [0.29, 0.717) is 24.9 Å². The van der Waals surface area contributed by atoms with Crippen molar-refractivity contribution >= 4 is 11.9 Å². The number of carbonyl (C=O) groups is 2. The van der Waals surface area contributed by atoms with E-state index in [1.54, 1.807) is 0 Å². The summed E-state index contributed by atoms with van der Waals surface area (Å²) in [6.07, 6.45) is 4.07. The monoisotopic (exact) mass is 253 g/mol. The number of hydrogen-bond acceptors (Lipinski definition) is 3. The zero-order valence-corrected chi connectivity index (χ0v) is 10.3. The minimum Gasteiger partial charge on any atom is -0.481 e. The topological polar surface area (TPSA) is 75.6 Å². The minimum atomic E-state index is -0.715. The van der Waals surface area contributed by atoms with Crippen LogP contribution >= 0.6 is 0 Å². The Balaban J connectivity index is 1.54. The highest BCUT2D eigenvalue weighted by atomic mass is 16.5. The molecule has 0 aromatic heterocycles. The van der Waals surface area contributed by atoms with Gasteiger partial charge >= 0.3 is 5.97 Å². The fourth-order valence-electron chi connectivity index (χ4n) is 3.46. The number of hydrogen-bond donors (Lipinski definition) is 2. The highest BCUT2D eigenvalue weighted by molar-refractivity contribution is 5.81. The SMILES string of the molecule is O=C(N[C@H]1C[C@@H](C(=O)O)[C@@H]2C[C@@H]21)C1CCCCO1. The second-order valence-electron chi connectivity index (χ2n) is 5.71. The Labute approximate surface area is 106 Å². The molecule has 2 N–H and O–H groups in total. The van der Waals surface area contributed by atoms with E-state index in [0.717, 1.165) is 25.7 Å². The van der Waals surface area contributed by atoms with Gasteiger partial charge in [-0.05, 0) is 43.9 Å². The molecule has 0 radical (unpaired) electrons. The van der Waals surface area contributed by atoms with E-state index in [2.05, 4.69) is 5.32 Å². The summed E-state index contributed by atoms with van der Waals surface area (Å²) in [7, 11) is 0. The second-order valence-corrected chi connectivity index (χ2v) is 5.71. The minimum absolute atomic E-state index is 0.0450. The summed E-state index contributed by atoms with van der Waals surface area (Å²) in [5.41, 5.74) is 0. The molecule has 0 bridgehead atoms. The first-order chi connectivity index (χ1) is 8.66. The van der Waals surface area contributed by atoms with Gasteiger partial charge in [0.05, 0.1) is 5.92 Å². The highest BCUT2D eigenvalue weighted by Gasteiger charge is 2.57. The maximum absolute atomic E-state index is 12.0. The first kappa shape index (κ1) is 12.0. The van der Waals surface area contributed by atoms with Crippen LogP contribution in [0.5, 0.6) is 0 Å². The molecule has 18 heavy (non-hydrogen) atoms. The molecule has 1 aliphatic heterocycles. The summed E-state index contributed by atoms with van der Waals surface area (Å²) in [6, 6.07) is 0.0501. The molecule has 5 nitrogen and oxygen atoms in total. The molecule has 2 aliphatic carbocycles. The highest BCUT2D eigenvalue weighted by Crippen LogP contribution is 2.55. The van der Waals surface area contributed by atoms with Crippen molar-refractivity contribution in [1.29, 1.82) is 0 Å². The van der Waals surface area contributed by atoms with Gasteiger partial charge < -0.3 is 15.2 Å². The van der Waals surface area contributed by atoms with Crippen LogP contribution in [-0.4, -0.2) is 35.7 Å². The molecule has 0 aromatic carbocycles. The van der Waals surface area contributed by atoms with E-state index in [1.807, 2.05) is 0 Å². The van der Waals surface area contributed by atoms with Crippen molar-refractivity contribution in [2.45, 2.75) is 44.2 Å². The fourth-order valence-corrected chi connectivity index (χ4v) is 3.46. The molecule has 5 atom stereocenters. The van der Waals surface area contributed by atoms with Crippen LogP contribution in [0.4, 0.5) is 0 Å². The van der Waals surface area contributed by atoms with Gasteiger partial charge in [0, 0.05) is 12.6 Å². The number of carbonyl (C=O) groups excluding carboxylic acids is 1. The van der Waals surface area contributed by atoms with Crippen molar-refractivity contribution in [2.75, 3.05) is 6.61 Å². The van der Waals surface area contributed by atoms with Crippen molar-refractivity contribution in [3.63, 3.8) is 0 Å². The van der Waals surface area contributed by atoms with Gasteiger partial charge in [-0.15, -0.1) is 0 Å². The van der Waals surface area contributed by atoms with E-state index in [9.17, 15) is 9.59 Å². The van der Waals surface area contributed by atoms with Crippen LogP contribution in [-0.2, 0) is 14.3 Å². The van der Waals surface area contributed by atoms with E-state index >= 15 is 0 Å². The number of carboxylic acids is 1. The van der Waals surface area contributed by atoms with Gasteiger partial charge in [0.1, 0.15) is 6.10 Å². The molecule has 1 heterocycles. The Morgan fingerprint density at radius 1 is 1.17 bits per heavy atom. The largest absolute Gasteiger partial charge is 0.481 e. The van der Waals surface area contributed by atoms with Gasteiger partial charge in [-0.3, -0.25) is 9.59 Å². The Morgan fingerprint density at radius 3 is 2.61 bits per heavy atom. The first-order valence-electron chi connectivity index (χ1n) is 6.81. The molecular weight excluding hydrogens is 234 g/mol. The third kappa shape index (κ3) is 2.11. The number of ether oxygens (including phenoxy) is 1. The lowest BCUT2D eigenvalue weighted by molar-refractivity contribution is -0.142. The van der Waals surface area contributed by atoms with Crippen LogP contribution in [0.1, 0.15) is 32.1 Å². The van der Waals surface area contributed by atoms with E-state index in [4.69, 9.17) is 9.84 Å². The number of fused-ring (bicyclic) bond motifs is 1. The summed E-state index contributed by atoms with van der Waals surface area (Å²) in [5, 5.41) is 12.1. The second kappa shape index (κ2) is 4.53. The third-order valence-corrected chi connectivity index (χ3v) is 4.55. The zero-order valence-electron chi connectivity index (χ0n) is 10.3. The lowest BCUT2D eigenvalue weighted by Crippen LogP contribution is -2.44. The normalized spacial score (nSPS) is 42.1. The van der Waals surface area contributed by atoms with Gasteiger partial charge in [0.25, 0.3) is 0 Å². The Hall–Kier alpha value is -1.10. The molecule has 3 rings (SSSR count). The quantitative estimate of drug-likeness (QED) is 0.779. The Kier molecular flexibility index (Phi) is 3.01. The van der Waals surface area contributed by atoms with Crippen LogP contribution in [0.25, 0.3) is 0 Å². The molecule has 3 fully saturated rings. The average molecular weight is 253 g/mol. The number of rotatable bonds is 3. The summed E-state index contributed by atoms with van der Waals surface area (Å²) in [4.78, 5) is 23.0. The molecule has 0 aromatic rings. The zero-order chi connectivity index (χ0) is 12.7. The van der Waals surface area contributed by atoms with Crippen LogP contribution in [0.2, 0.25) is 0 Å². The molecule has 100 valence electrons. The van der Waals surface area contributed by atoms with E-state index < -0.39 is 5.97 Å². The Bertz CT molecular complexity index is 364. The molecule has 2 saturated carbocycles. The maximum atomic E-state index is 12.0. The molecule has 1 amide bonds. The van der Waals surface area contributed by atoms with Crippen LogP contribution in [0.15, 0.2) is 0 Å². The van der Waals surface area contributed by atoms with Crippen molar-refractivity contribution < 1.29 is 19.4 Å². The summed E-state index contributed by atoms with van der Waals surface area (Å²) >= 11 is 0. The maximum Gasteiger partial charge on any atom is 0.306 e. The molecule has 1 unspecified atom stereocenters. The fraction of sp³-hybridized carbons (Fsp3) is 0.846. The summed E-state index contributed by atoms with van der Waals surface area (Å²) < 4.78 is 5.44. The van der Waals surface area contributed by atoms with Gasteiger partial charge in [0.2, 0.25) is 5.91 Å². The smallest absolute Gasteiger partial charge is 0.306 e. The lowest BCUT2D eigenvalue weighted by Gasteiger charge is -2.24.